The van der Waals surface area contributed by atoms with Crippen LogP contribution >= 0.6 is 0 Å². The van der Waals surface area contributed by atoms with E-state index in [0.29, 0.717) is 17.8 Å². The summed E-state index contributed by atoms with van der Waals surface area (Å²) < 4.78 is 0. The molecule has 0 aromatic rings. The van der Waals surface area contributed by atoms with Crippen LogP contribution in [0.3, 0.4) is 0 Å². The van der Waals surface area contributed by atoms with Gasteiger partial charge in [-0.2, -0.15) is 0 Å². The summed E-state index contributed by atoms with van der Waals surface area (Å²) >= 11 is 0. The number of carbonyl (C=O) groups is 2. The summed E-state index contributed by atoms with van der Waals surface area (Å²) in [5.41, 5.74) is -0.632. The SMILES string of the molecule is CC1CCCCC1CN1CC(=O)NC(C)(C2CC2)C1=O. The number of nitrogens with zero attached hydrogens (tertiary/aromatic N) is 1. The zero-order valence-corrected chi connectivity index (χ0v) is 12.7. The lowest BCUT2D eigenvalue weighted by Gasteiger charge is -2.42. The average molecular weight is 278 g/mol. The fraction of sp³-hybridized carbons (Fsp3) is 0.875. The van der Waals surface area contributed by atoms with Gasteiger partial charge in [0.05, 0.1) is 6.54 Å². The van der Waals surface area contributed by atoms with Crippen LogP contribution in [0.25, 0.3) is 0 Å². The van der Waals surface area contributed by atoms with Crippen molar-refractivity contribution in [1.29, 1.82) is 0 Å². The van der Waals surface area contributed by atoms with E-state index in [4.69, 9.17) is 0 Å². The molecule has 0 spiro atoms. The lowest BCUT2D eigenvalue weighted by atomic mass is 9.79. The van der Waals surface area contributed by atoms with Crippen molar-refractivity contribution in [2.24, 2.45) is 17.8 Å². The van der Waals surface area contributed by atoms with Gasteiger partial charge < -0.3 is 10.2 Å². The molecule has 3 fully saturated rings. The Morgan fingerprint density at radius 3 is 2.55 bits per heavy atom. The standard InChI is InChI=1S/C16H26N2O2/c1-11-5-3-4-6-12(11)9-18-10-14(19)17-16(2,15(18)20)13-7-8-13/h11-13H,3-10H2,1-2H3,(H,17,19). The first-order valence-corrected chi connectivity index (χ1v) is 8.11. The summed E-state index contributed by atoms with van der Waals surface area (Å²) in [6.07, 6.45) is 7.17. The van der Waals surface area contributed by atoms with Crippen LogP contribution in [0.5, 0.6) is 0 Å². The molecule has 2 amide bonds. The highest BCUT2D eigenvalue weighted by atomic mass is 16.2. The first-order valence-electron chi connectivity index (χ1n) is 8.11. The van der Waals surface area contributed by atoms with Crippen LogP contribution in [-0.4, -0.2) is 35.3 Å². The molecule has 3 rings (SSSR count). The molecular formula is C16H26N2O2. The highest BCUT2D eigenvalue weighted by molar-refractivity contribution is 5.98. The van der Waals surface area contributed by atoms with E-state index in [0.717, 1.165) is 19.4 Å². The lowest BCUT2D eigenvalue weighted by Crippen LogP contribution is -2.67. The molecule has 0 bridgehead atoms. The number of nitrogens with one attached hydrogen (secondary N) is 1. The van der Waals surface area contributed by atoms with E-state index < -0.39 is 5.54 Å². The molecule has 0 radical (unpaired) electrons. The molecular weight excluding hydrogens is 252 g/mol. The van der Waals surface area contributed by atoms with Crippen LogP contribution in [0.2, 0.25) is 0 Å². The Bertz CT molecular complexity index is 419. The molecule has 3 atom stereocenters. The van der Waals surface area contributed by atoms with Crippen molar-refractivity contribution in [3.05, 3.63) is 0 Å². The van der Waals surface area contributed by atoms with Gasteiger partial charge in [0.25, 0.3) is 0 Å². The van der Waals surface area contributed by atoms with Crippen molar-refractivity contribution in [1.82, 2.24) is 10.2 Å². The molecule has 2 saturated carbocycles. The quantitative estimate of drug-likeness (QED) is 0.857. The van der Waals surface area contributed by atoms with Crippen molar-refractivity contribution in [3.8, 4) is 0 Å². The van der Waals surface area contributed by atoms with Gasteiger partial charge in [-0.05, 0) is 43.9 Å². The molecule has 3 aliphatic rings. The number of hydrogen-bond donors (Lipinski definition) is 1. The van der Waals surface area contributed by atoms with E-state index in [1.807, 2.05) is 11.8 Å². The second kappa shape index (κ2) is 5.05. The van der Waals surface area contributed by atoms with E-state index in [2.05, 4.69) is 12.2 Å². The zero-order chi connectivity index (χ0) is 14.3. The van der Waals surface area contributed by atoms with Gasteiger partial charge in [0.15, 0.2) is 0 Å². The van der Waals surface area contributed by atoms with Crippen molar-refractivity contribution in [2.45, 2.75) is 57.9 Å². The van der Waals surface area contributed by atoms with E-state index in [1.54, 1.807) is 0 Å². The van der Waals surface area contributed by atoms with Gasteiger partial charge >= 0.3 is 0 Å². The van der Waals surface area contributed by atoms with Crippen LogP contribution in [0.4, 0.5) is 0 Å². The van der Waals surface area contributed by atoms with Crippen molar-refractivity contribution in [2.75, 3.05) is 13.1 Å². The van der Waals surface area contributed by atoms with Gasteiger partial charge in [-0.3, -0.25) is 9.59 Å². The third-order valence-corrected chi connectivity index (χ3v) is 5.60. The van der Waals surface area contributed by atoms with Gasteiger partial charge in [0, 0.05) is 6.54 Å². The Morgan fingerprint density at radius 2 is 1.90 bits per heavy atom. The van der Waals surface area contributed by atoms with E-state index >= 15 is 0 Å². The molecule has 2 aliphatic carbocycles. The molecule has 112 valence electrons. The number of rotatable bonds is 3. The Morgan fingerprint density at radius 1 is 1.20 bits per heavy atom. The van der Waals surface area contributed by atoms with Gasteiger partial charge in [0.2, 0.25) is 11.8 Å². The summed E-state index contributed by atoms with van der Waals surface area (Å²) in [5, 5.41) is 2.95. The lowest BCUT2D eigenvalue weighted by molar-refractivity contribution is -0.151. The minimum absolute atomic E-state index is 0.0162. The highest BCUT2D eigenvalue weighted by Gasteiger charge is 2.52. The third-order valence-electron chi connectivity index (χ3n) is 5.60. The summed E-state index contributed by atoms with van der Waals surface area (Å²) in [6.45, 7) is 5.24. The van der Waals surface area contributed by atoms with Crippen molar-refractivity contribution in [3.63, 3.8) is 0 Å². The van der Waals surface area contributed by atoms with E-state index in [1.165, 1.54) is 25.7 Å². The van der Waals surface area contributed by atoms with Crippen LogP contribution in [0, 0.1) is 17.8 Å². The van der Waals surface area contributed by atoms with Crippen LogP contribution in [0.1, 0.15) is 52.4 Å². The van der Waals surface area contributed by atoms with E-state index in [9.17, 15) is 9.59 Å². The molecule has 0 aromatic carbocycles. The third kappa shape index (κ3) is 2.45. The Kier molecular flexibility index (Phi) is 3.51. The first kappa shape index (κ1) is 13.9. The Hall–Kier alpha value is -1.06. The monoisotopic (exact) mass is 278 g/mol. The predicted octanol–water partition coefficient (Wildman–Crippen LogP) is 1.94. The number of carbonyl (C=O) groups excluding carboxylic acids is 2. The van der Waals surface area contributed by atoms with Crippen LogP contribution < -0.4 is 5.32 Å². The van der Waals surface area contributed by atoms with Crippen molar-refractivity contribution < 1.29 is 9.59 Å². The summed E-state index contributed by atoms with van der Waals surface area (Å²) in [4.78, 5) is 26.6. The van der Waals surface area contributed by atoms with Crippen molar-refractivity contribution >= 4 is 11.8 Å². The molecule has 1 heterocycles. The largest absolute Gasteiger partial charge is 0.340 e. The summed E-state index contributed by atoms with van der Waals surface area (Å²) in [5.74, 6) is 1.76. The molecule has 4 heteroatoms. The molecule has 1 N–H and O–H groups in total. The number of amides is 2. The number of piperazine rings is 1. The fourth-order valence-corrected chi connectivity index (χ4v) is 3.99. The zero-order valence-electron chi connectivity index (χ0n) is 12.7. The van der Waals surface area contributed by atoms with E-state index in [-0.39, 0.29) is 18.4 Å². The fourth-order valence-electron chi connectivity index (χ4n) is 3.99. The first-order chi connectivity index (χ1) is 9.50. The Labute approximate surface area is 121 Å². The normalized spacial score (nSPS) is 38.8. The maximum atomic E-state index is 12.8. The van der Waals surface area contributed by atoms with Gasteiger partial charge in [-0.15, -0.1) is 0 Å². The predicted molar refractivity (Wildman–Crippen MR) is 77.0 cm³/mol. The molecule has 4 nitrogen and oxygen atoms in total. The minimum atomic E-state index is -0.632. The molecule has 20 heavy (non-hydrogen) atoms. The maximum Gasteiger partial charge on any atom is 0.248 e. The molecule has 0 aromatic heterocycles. The topological polar surface area (TPSA) is 49.4 Å². The highest BCUT2D eigenvalue weighted by Crippen LogP contribution is 2.42. The van der Waals surface area contributed by atoms with Crippen LogP contribution in [-0.2, 0) is 9.59 Å². The van der Waals surface area contributed by atoms with Gasteiger partial charge in [-0.1, -0.05) is 26.2 Å². The molecule has 1 aliphatic heterocycles. The number of hydrogen-bond acceptors (Lipinski definition) is 2. The second-order valence-corrected chi connectivity index (χ2v) is 7.23. The summed E-state index contributed by atoms with van der Waals surface area (Å²) in [7, 11) is 0. The second-order valence-electron chi connectivity index (χ2n) is 7.23. The Balaban J connectivity index is 1.71. The average Bonchev–Trinajstić information content (AvgIpc) is 3.22. The van der Waals surface area contributed by atoms with Gasteiger partial charge in [0.1, 0.15) is 5.54 Å². The summed E-state index contributed by atoms with van der Waals surface area (Å²) in [6, 6.07) is 0. The minimum Gasteiger partial charge on any atom is -0.340 e. The molecule has 1 saturated heterocycles. The molecule has 3 unspecified atom stereocenters. The smallest absolute Gasteiger partial charge is 0.248 e. The van der Waals surface area contributed by atoms with Gasteiger partial charge in [-0.25, -0.2) is 0 Å². The van der Waals surface area contributed by atoms with Crippen LogP contribution in [0.15, 0.2) is 0 Å². The maximum absolute atomic E-state index is 12.8.